The lowest BCUT2D eigenvalue weighted by Crippen LogP contribution is -2.30. The summed E-state index contributed by atoms with van der Waals surface area (Å²) in [6.07, 6.45) is 8.79. The van der Waals surface area contributed by atoms with E-state index in [0.717, 1.165) is 19.3 Å². The van der Waals surface area contributed by atoms with Crippen LogP contribution in [0.4, 0.5) is 0 Å². The summed E-state index contributed by atoms with van der Waals surface area (Å²) in [4.78, 5) is 42.8. The standard InChI is InChI=1S/C16H30N2O2.H4O7P2/c1-13(2)7-6-10-16(3,20)11-9-15(19)14(18)8-4-5-12-17;1-8(2,3)7-9(4,5)6/h7,9,11,14,20H,4-6,8,10,12,17-18H2,1-3H3;(H2,1,2,3)(H2,4,5,6)/t14-,16?;/m0./s1. The van der Waals surface area contributed by atoms with Crippen molar-refractivity contribution in [2.75, 3.05) is 6.54 Å². The second-order valence-electron chi connectivity index (χ2n) is 6.87. The van der Waals surface area contributed by atoms with E-state index < -0.39 is 27.3 Å². The van der Waals surface area contributed by atoms with Gasteiger partial charge in [-0.15, -0.1) is 0 Å². The quantitative estimate of drug-likeness (QED) is 0.0952. The molecule has 0 saturated carbocycles. The van der Waals surface area contributed by atoms with Crippen LogP contribution in [-0.4, -0.2) is 48.7 Å². The molecule has 0 aliphatic carbocycles. The van der Waals surface area contributed by atoms with Crippen LogP contribution in [0.15, 0.2) is 23.8 Å². The molecule has 1 unspecified atom stereocenters. The van der Waals surface area contributed by atoms with Gasteiger partial charge in [-0.25, -0.2) is 9.13 Å². The topological polar surface area (TPSA) is 214 Å². The van der Waals surface area contributed by atoms with Gasteiger partial charge in [0, 0.05) is 0 Å². The third kappa shape index (κ3) is 23.4. The van der Waals surface area contributed by atoms with Gasteiger partial charge < -0.3 is 36.1 Å². The lowest BCUT2D eigenvalue weighted by Gasteiger charge is -2.18. The molecule has 11 nitrogen and oxygen atoms in total. The van der Waals surface area contributed by atoms with Crippen molar-refractivity contribution in [1.29, 1.82) is 0 Å². The molecule has 0 aromatic heterocycles. The number of carbonyl (C=O) groups excluding carboxylic acids is 1. The molecule has 0 aromatic rings. The molecule has 0 bridgehead atoms. The Morgan fingerprint density at radius 1 is 1.14 bits per heavy atom. The van der Waals surface area contributed by atoms with Gasteiger partial charge in [0.2, 0.25) is 0 Å². The number of aliphatic hydroxyl groups is 1. The molecule has 0 spiro atoms. The fourth-order valence-electron chi connectivity index (χ4n) is 1.91. The highest BCUT2D eigenvalue weighted by Crippen LogP contribution is 2.53. The average Bonchev–Trinajstić information content (AvgIpc) is 2.49. The first-order valence-corrected chi connectivity index (χ1v) is 11.9. The third-order valence-corrected chi connectivity index (χ3v) is 5.06. The fraction of sp³-hybridized carbons (Fsp3) is 0.688. The van der Waals surface area contributed by atoms with Crippen LogP contribution in [0.1, 0.15) is 52.9 Å². The lowest BCUT2D eigenvalue weighted by atomic mass is 9.97. The molecule has 172 valence electrons. The predicted octanol–water partition coefficient (Wildman–Crippen LogP) is 1.25. The van der Waals surface area contributed by atoms with Crippen LogP contribution in [0.3, 0.4) is 0 Å². The number of ketones is 1. The van der Waals surface area contributed by atoms with Crippen LogP contribution >= 0.6 is 15.6 Å². The number of rotatable bonds is 12. The number of phosphoric acid groups is 2. The lowest BCUT2D eigenvalue weighted by molar-refractivity contribution is -0.116. The molecule has 29 heavy (non-hydrogen) atoms. The van der Waals surface area contributed by atoms with Gasteiger partial charge in [0.25, 0.3) is 0 Å². The van der Waals surface area contributed by atoms with E-state index >= 15 is 0 Å². The molecule has 0 fully saturated rings. The number of unbranched alkanes of at least 4 members (excludes halogenated alkanes) is 1. The number of allylic oxidation sites excluding steroid dienone is 2. The molecule has 0 radical (unpaired) electrons. The molecule has 0 aliphatic heterocycles. The maximum atomic E-state index is 11.8. The van der Waals surface area contributed by atoms with Gasteiger partial charge in [-0.2, -0.15) is 4.31 Å². The van der Waals surface area contributed by atoms with E-state index in [9.17, 15) is 19.0 Å². The van der Waals surface area contributed by atoms with Gasteiger partial charge in [0.15, 0.2) is 5.78 Å². The Balaban J connectivity index is 0. The summed E-state index contributed by atoms with van der Waals surface area (Å²) in [5.74, 6) is -0.135. The van der Waals surface area contributed by atoms with Crippen LogP contribution < -0.4 is 11.5 Å². The summed E-state index contributed by atoms with van der Waals surface area (Å²) < 4.78 is 22.2. The van der Waals surface area contributed by atoms with Crippen molar-refractivity contribution in [3.05, 3.63) is 23.8 Å². The first-order chi connectivity index (χ1) is 13.0. The van der Waals surface area contributed by atoms with Crippen LogP contribution in [0.25, 0.3) is 0 Å². The molecular formula is C16H34N2O9P2. The highest BCUT2D eigenvalue weighted by Gasteiger charge is 2.28. The van der Waals surface area contributed by atoms with Gasteiger partial charge in [-0.1, -0.05) is 18.1 Å². The van der Waals surface area contributed by atoms with E-state index in [1.807, 2.05) is 13.8 Å². The Bertz CT molecular complexity index is 614. The Morgan fingerprint density at radius 2 is 1.66 bits per heavy atom. The number of carbonyl (C=O) groups is 1. The minimum absolute atomic E-state index is 0.135. The summed E-state index contributed by atoms with van der Waals surface area (Å²) >= 11 is 0. The Kier molecular flexibility index (Phi) is 15.1. The highest BCUT2D eigenvalue weighted by molar-refractivity contribution is 7.60. The van der Waals surface area contributed by atoms with Crippen LogP contribution in [0.5, 0.6) is 0 Å². The zero-order valence-electron chi connectivity index (χ0n) is 17.0. The van der Waals surface area contributed by atoms with Crippen molar-refractivity contribution in [2.24, 2.45) is 11.5 Å². The zero-order chi connectivity index (χ0) is 23.3. The zero-order valence-corrected chi connectivity index (χ0v) is 18.8. The molecule has 0 saturated heterocycles. The fourth-order valence-corrected chi connectivity index (χ4v) is 3.02. The van der Waals surface area contributed by atoms with Crippen molar-refractivity contribution >= 4 is 21.4 Å². The van der Waals surface area contributed by atoms with E-state index in [4.69, 9.17) is 31.0 Å². The maximum Gasteiger partial charge on any atom is 0.478 e. The van der Waals surface area contributed by atoms with Crippen molar-refractivity contribution < 1.29 is 42.9 Å². The van der Waals surface area contributed by atoms with Gasteiger partial charge >= 0.3 is 15.6 Å². The number of hydrogen-bond donors (Lipinski definition) is 7. The van der Waals surface area contributed by atoms with Crippen molar-refractivity contribution in [3.63, 3.8) is 0 Å². The monoisotopic (exact) mass is 460 g/mol. The Morgan fingerprint density at radius 3 is 2.03 bits per heavy atom. The normalized spacial score (nSPS) is 15.2. The molecule has 13 heteroatoms. The average molecular weight is 460 g/mol. The number of hydrogen-bond acceptors (Lipinski definition) is 7. The molecule has 9 N–H and O–H groups in total. The van der Waals surface area contributed by atoms with E-state index in [2.05, 4.69) is 10.4 Å². The van der Waals surface area contributed by atoms with Gasteiger partial charge in [0.05, 0.1) is 11.6 Å². The maximum absolute atomic E-state index is 11.8. The second-order valence-corrected chi connectivity index (χ2v) is 9.48. The Labute approximate surface area is 171 Å². The van der Waals surface area contributed by atoms with Crippen molar-refractivity contribution in [2.45, 2.75) is 64.5 Å². The van der Waals surface area contributed by atoms with Crippen molar-refractivity contribution in [1.82, 2.24) is 0 Å². The molecule has 0 amide bonds. The smallest absolute Gasteiger partial charge is 0.386 e. The van der Waals surface area contributed by atoms with Crippen molar-refractivity contribution in [3.8, 4) is 0 Å². The van der Waals surface area contributed by atoms with Gasteiger partial charge in [-0.05, 0) is 65.2 Å². The van der Waals surface area contributed by atoms with E-state index in [1.54, 1.807) is 13.0 Å². The van der Waals surface area contributed by atoms with Crippen LogP contribution in [0.2, 0.25) is 0 Å². The van der Waals surface area contributed by atoms with Crippen LogP contribution in [0, 0.1) is 0 Å². The molecular weight excluding hydrogens is 426 g/mol. The molecule has 0 aromatic carbocycles. The summed E-state index contributed by atoms with van der Waals surface area (Å²) in [5.41, 5.74) is 11.4. The largest absolute Gasteiger partial charge is 0.478 e. The summed E-state index contributed by atoms with van der Waals surface area (Å²) in [7, 11) is -10.1. The minimum atomic E-state index is -5.05. The third-order valence-electron chi connectivity index (χ3n) is 3.36. The first-order valence-electron chi connectivity index (χ1n) is 8.86. The summed E-state index contributed by atoms with van der Waals surface area (Å²) in [5, 5.41) is 10.1. The first kappa shape index (κ1) is 30.5. The molecule has 0 rings (SSSR count). The highest BCUT2D eigenvalue weighted by atomic mass is 31.3. The SMILES string of the molecule is CC(C)=CCCC(C)(O)C=CC(=O)[C@@H](N)CCCCN.O=P(O)(O)OP(=O)(O)O. The van der Waals surface area contributed by atoms with E-state index in [1.165, 1.54) is 11.6 Å². The molecule has 0 heterocycles. The summed E-state index contributed by atoms with van der Waals surface area (Å²) in [6, 6.07) is -0.494. The number of nitrogens with two attached hydrogens (primary N) is 2. The molecule has 0 aliphatic rings. The van der Waals surface area contributed by atoms with Crippen LogP contribution in [-0.2, 0) is 18.2 Å². The second kappa shape index (κ2) is 14.3. The minimum Gasteiger partial charge on any atom is -0.386 e. The summed E-state index contributed by atoms with van der Waals surface area (Å²) in [6.45, 7) is 6.37. The predicted molar refractivity (Wildman–Crippen MR) is 109 cm³/mol. The Hall–Kier alpha value is -0.710. The van der Waals surface area contributed by atoms with E-state index in [0.29, 0.717) is 19.4 Å². The van der Waals surface area contributed by atoms with Gasteiger partial charge in [-0.3, -0.25) is 4.79 Å². The molecule has 2 atom stereocenters. The van der Waals surface area contributed by atoms with E-state index in [-0.39, 0.29) is 5.78 Å². The van der Waals surface area contributed by atoms with Gasteiger partial charge in [0.1, 0.15) is 0 Å².